The lowest BCUT2D eigenvalue weighted by atomic mass is 10.0. The smallest absolute Gasteiger partial charge is 0.268 e. The van der Waals surface area contributed by atoms with E-state index in [0.29, 0.717) is 17.4 Å². The number of nitrogens with one attached hydrogen (secondary N) is 1. The molecule has 0 radical (unpaired) electrons. The molecule has 0 saturated heterocycles. The van der Waals surface area contributed by atoms with E-state index in [2.05, 4.69) is 104 Å². The molecular formula is C54H95N2O6P. The van der Waals surface area contributed by atoms with Crippen molar-refractivity contribution >= 4 is 13.7 Å². The third kappa shape index (κ3) is 47.2. The van der Waals surface area contributed by atoms with E-state index in [1.807, 2.05) is 27.2 Å². The van der Waals surface area contributed by atoms with Gasteiger partial charge in [0.1, 0.15) is 13.2 Å². The fourth-order valence-electron chi connectivity index (χ4n) is 6.58. The molecule has 63 heavy (non-hydrogen) atoms. The number of allylic oxidation sites excluding steroid dienone is 15. The highest BCUT2D eigenvalue weighted by atomic mass is 31.2. The summed E-state index contributed by atoms with van der Waals surface area (Å²) < 4.78 is 23.2. The molecule has 0 saturated carbocycles. The van der Waals surface area contributed by atoms with Crippen LogP contribution < -0.4 is 10.2 Å². The Bertz CT molecular complexity index is 1340. The maximum atomic E-state index is 12.9. The standard InChI is InChI=1S/C54H95N2O6P/c1-6-8-10-12-14-16-18-20-22-24-26-28-30-32-34-36-38-40-42-44-46-48-54(58)55-52(51-62-63(59,60)61-50-49-56(3,4)5)53(57)47-45-43-41-39-37-35-33-31-29-27-25-23-21-19-17-15-13-11-9-7-2/h8,10,14,16,20,22,26,28,32,34,37-40,45,47,52-53,57H,6-7,9,11-13,15,17-19,21,23-25,27,29-31,33,35-36,41-44,46,48-51H2,1-5H3,(H-,55,58,59,60)/b10-8-,16-14-,22-20-,28-26-,34-32-,39-37+,40-38-,47-45+. The second-order valence-electron chi connectivity index (χ2n) is 17.8. The summed E-state index contributed by atoms with van der Waals surface area (Å²) in [5.41, 5.74) is 0. The van der Waals surface area contributed by atoms with Gasteiger partial charge < -0.3 is 28.8 Å². The lowest BCUT2D eigenvalue weighted by Crippen LogP contribution is -2.45. The number of hydrogen-bond acceptors (Lipinski definition) is 6. The fraction of sp³-hybridized carbons (Fsp3) is 0.685. The second kappa shape index (κ2) is 44.6. The van der Waals surface area contributed by atoms with Crippen molar-refractivity contribution in [3.63, 3.8) is 0 Å². The third-order valence-electron chi connectivity index (χ3n) is 10.5. The number of amides is 1. The van der Waals surface area contributed by atoms with Crippen LogP contribution in [0, 0.1) is 0 Å². The zero-order valence-corrected chi connectivity index (χ0v) is 41.9. The monoisotopic (exact) mass is 899 g/mol. The number of phosphoric acid groups is 1. The Kier molecular flexibility index (Phi) is 42.8. The van der Waals surface area contributed by atoms with Gasteiger partial charge in [0.25, 0.3) is 7.82 Å². The summed E-state index contributed by atoms with van der Waals surface area (Å²) in [5, 5.41) is 13.8. The van der Waals surface area contributed by atoms with Gasteiger partial charge in [-0.05, 0) is 83.5 Å². The van der Waals surface area contributed by atoms with E-state index >= 15 is 0 Å². The molecular weight excluding hydrogens is 804 g/mol. The van der Waals surface area contributed by atoms with Crippen LogP contribution in [-0.4, -0.2) is 68.5 Å². The molecule has 2 N–H and O–H groups in total. The highest BCUT2D eigenvalue weighted by molar-refractivity contribution is 7.45. The molecule has 0 fully saturated rings. The van der Waals surface area contributed by atoms with Gasteiger partial charge in [-0.3, -0.25) is 9.36 Å². The number of aliphatic hydroxyl groups excluding tert-OH is 1. The highest BCUT2D eigenvalue weighted by Crippen LogP contribution is 2.38. The minimum atomic E-state index is -4.62. The van der Waals surface area contributed by atoms with Crippen LogP contribution in [0.25, 0.3) is 0 Å². The first-order valence-electron chi connectivity index (χ1n) is 25.1. The maximum Gasteiger partial charge on any atom is 0.268 e. The van der Waals surface area contributed by atoms with Crippen molar-refractivity contribution in [3.05, 3.63) is 97.2 Å². The van der Waals surface area contributed by atoms with Crippen molar-refractivity contribution in [2.24, 2.45) is 0 Å². The van der Waals surface area contributed by atoms with Crippen molar-refractivity contribution in [1.29, 1.82) is 0 Å². The summed E-state index contributed by atoms with van der Waals surface area (Å²) in [4.78, 5) is 25.4. The number of unbranched alkanes of at least 4 members (excludes halogenated alkanes) is 17. The summed E-state index contributed by atoms with van der Waals surface area (Å²) in [6.07, 6.45) is 63.3. The molecule has 0 bridgehead atoms. The minimum absolute atomic E-state index is 0.0204. The summed E-state index contributed by atoms with van der Waals surface area (Å²) in [5.74, 6) is -0.253. The molecule has 0 aromatic rings. The molecule has 3 unspecified atom stereocenters. The lowest BCUT2D eigenvalue weighted by molar-refractivity contribution is -0.870. The number of aliphatic hydroxyl groups is 1. The first-order valence-corrected chi connectivity index (χ1v) is 26.6. The first kappa shape index (κ1) is 60.4. The fourth-order valence-corrected chi connectivity index (χ4v) is 7.30. The molecule has 1 amide bonds. The maximum absolute atomic E-state index is 12.9. The van der Waals surface area contributed by atoms with E-state index in [9.17, 15) is 19.4 Å². The van der Waals surface area contributed by atoms with E-state index in [1.54, 1.807) is 6.08 Å². The summed E-state index contributed by atoms with van der Waals surface area (Å²) in [6, 6.07) is -0.933. The minimum Gasteiger partial charge on any atom is -0.756 e. The average Bonchev–Trinajstić information content (AvgIpc) is 3.24. The van der Waals surface area contributed by atoms with Gasteiger partial charge in [0.05, 0.1) is 39.9 Å². The van der Waals surface area contributed by atoms with Crippen LogP contribution in [0.3, 0.4) is 0 Å². The summed E-state index contributed by atoms with van der Waals surface area (Å²) >= 11 is 0. The Morgan fingerprint density at radius 3 is 1.48 bits per heavy atom. The van der Waals surface area contributed by atoms with Gasteiger partial charge >= 0.3 is 0 Å². The molecule has 0 aromatic heterocycles. The van der Waals surface area contributed by atoms with E-state index in [1.165, 1.54) is 89.9 Å². The first-order chi connectivity index (χ1) is 30.5. The van der Waals surface area contributed by atoms with Gasteiger partial charge in [-0.1, -0.05) is 195 Å². The van der Waals surface area contributed by atoms with E-state index in [4.69, 9.17) is 9.05 Å². The van der Waals surface area contributed by atoms with Crippen molar-refractivity contribution < 1.29 is 32.9 Å². The van der Waals surface area contributed by atoms with Crippen molar-refractivity contribution in [2.45, 2.75) is 199 Å². The molecule has 8 nitrogen and oxygen atoms in total. The zero-order valence-electron chi connectivity index (χ0n) is 41.0. The Balaban J connectivity index is 4.50. The highest BCUT2D eigenvalue weighted by Gasteiger charge is 2.23. The number of rotatable bonds is 44. The topological polar surface area (TPSA) is 108 Å². The average molecular weight is 899 g/mol. The zero-order chi connectivity index (χ0) is 46.4. The normalized spacial score (nSPS) is 15.0. The van der Waals surface area contributed by atoms with Gasteiger partial charge in [0.15, 0.2) is 0 Å². The van der Waals surface area contributed by atoms with E-state index in [0.717, 1.165) is 70.6 Å². The SMILES string of the molecule is CC/C=C\C/C=C\C/C=C\C/C=C\C/C=C\C/C=C\CCCCC(=O)NC(COP(=O)([O-])OCC[N+](C)(C)C)C(O)/C=C/CC/C=C/CCCCCCCCCCCCCCCC. The van der Waals surface area contributed by atoms with Gasteiger partial charge in [-0.15, -0.1) is 0 Å². The van der Waals surface area contributed by atoms with Crippen LogP contribution in [0.15, 0.2) is 97.2 Å². The number of hydrogen-bond donors (Lipinski definition) is 2. The van der Waals surface area contributed by atoms with Gasteiger partial charge in [-0.2, -0.15) is 0 Å². The molecule has 0 aromatic carbocycles. The number of nitrogens with zero attached hydrogens (tertiary/aromatic N) is 1. The summed E-state index contributed by atoms with van der Waals surface area (Å²) in [7, 11) is 1.20. The predicted molar refractivity (Wildman–Crippen MR) is 269 cm³/mol. The molecule has 0 aliphatic heterocycles. The molecule has 0 spiro atoms. The molecule has 362 valence electrons. The van der Waals surface area contributed by atoms with E-state index < -0.39 is 26.6 Å². The number of likely N-dealkylation sites (N-methyl/N-ethyl adjacent to an activating group) is 1. The Hall–Kier alpha value is -2.58. The summed E-state index contributed by atoms with van der Waals surface area (Å²) in [6.45, 7) is 4.47. The van der Waals surface area contributed by atoms with Crippen molar-refractivity contribution in [2.75, 3.05) is 40.9 Å². The Morgan fingerprint density at radius 2 is 0.984 bits per heavy atom. The third-order valence-corrected chi connectivity index (χ3v) is 11.5. The van der Waals surface area contributed by atoms with Crippen LogP contribution in [0.4, 0.5) is 0 Å². The van der Waals surface area contributed by atoms with Crippen molar-refractivity contribution in [3.8, 4) is 0 Å². The molecule has 0 aliphatic rings. The van der Waals surface area contributed by atoms with Gasteiger partial charge in [0, 0.05) is 6.42 Å². The number of phosphoric ester groups is 1. The van der Waals surface area contributed by atoms with Gasteiger partial charge in [-0.25, -0.2) is 0 Å². The van der Waals surface area contributed by atoms with Gasteiger partial charge in [0.2, 0.25) is 5.91 Å². The largest absolute Gasteiger partial charge is 0.756 e. The molecule has 0 aliphatic carbocycles. The molecule has 9 heteroatoms. The second-order valence-corrected chi connectivity index (χ2v) is 19.2. The number of carbonyl (C=O) groups is 1. The van der Waals surface area contributed by atoms with Crippen LogP contribution >= 0.6 is 7.82 Å². The van der Waals surface area contributed by atoms with Crippen molar-refractivity contribution in [1.82, 2.24) is 5.32 Å². The molecule has 0 rings (SSSR count). The Morgan fingerprint density at radius 1 is 0.571 bits per heavy atom. The van der Waals surface area contributed by atoms with Crippen LogP contribution in [0.5, 0.6) is 0 Å². The molecule has 0 heterocycles. The number of carbonyl (C=O) groups excluding carboxylic acids is 1. The van der Waals surface area contributed by atoms with Crippen LogP contribution in [0.2, 0.25) is 0 Å². The Labute approximate surface area is 388 Å². The van der Waals surface area contributed by atoms with Crippen LogP contribution in [-0.2, 0) is 18.4 Å². The predicted octanol–water partition coefficient (Wildman–Crippen LogP) is 14.1. The lowest BCUT2D eigenvalue weighted by Gasteiger charge is -2.29. The van der Waals surface area contributed by atoms with Crippen LogP contribution in [0.1, 0.15) is 187 Å². The number of quaternary nitrogens is 1. The molecule has 3 atom stereocenters. The quantitative estimate of drug-likeness (QED) is 0.0273. The van der Waals surface area contributed by atoms with E-state index in [-0.39, 0.29) is 18.9 Å².